The minimum Gasteiger partial charge on any atom is -0.383 e. The molecule has 3 aromatic heterocycles. The Kier molecular flexibility index (Phi) is 6.82. The van der Waals surface area contributed by atoms with E-state index in [4.69, 9.17) is 9.72 Å². The van der Waals surface area contributed by atoms with Crippen molar-refractivity contribution in [1.82, 2.24) is 19.9 Å². The van der Waals surface area contributed by atoms with Gasteiger partial charge in [-0.05, 0) is 45.4 Å². The first-order valence-electron chi connectivity index (χ1n) is 9.83. The van der Waals surface area contributed by atoms with Gasteiger partial charge in [-0.25, -0.2) is 4.98 Å². The topological polar surface area (TPSA) is 69.0 Å². The summed E-state index contributed by atoms with van der Waals surface area (Å²) < 4.78 is 7.39. The quantitative estimate of drug-likeness (QED) is 0.593. The minimum absolute atomic E-state index is 0.0487. The van der Waals surface area contributed by atoms with Crippen LogP contribution in [-0.4, -0.2) is 40.2 Å². The largest absolute Gasteiger partial charge is 0.383 e. The zero-order valence-corrected chi connectivity index (χ0v) is 18.5. The second-order valence-corrected chi connectivity index (χ2v) is 8.04. The molecule has 1 N–H and O–H groups in total. The molecule has 1 unspecified atom stereocenters. The second kappa shape index (κ2) is 9.33. The lowest BCUT2D eigenvalue weighted by molar-refractivity contribution is 0.0938. The summed E-state index contributed by atoms with van der Waals surface area (Å²) in [6, 6.07) is 6.09. The van der Waals surface area contributed by atoms with Crippen LogP contribution in [-0.2, 0) is 11.3 Å². The molecule has 0 saturated heterocycles. The van der Waals surface area contributed by atoms with Gasteiger partial charge >= 0.3 is 0 Å². The van der Waals surface area contributed by atoms with Crippen molar-refractivity contribution in [1.29, 1.82) is 0 Å². The minimum atomic E-state index is -0.0487. The average molecular weight is 413 g/mol. The molecule has 0 fully saturated rings. The lowest BCUT2D eigenvalue weighted by atomic mass is 10.2. The average Bonchev–Trinajstić information content (AvgIpc) is 3.31. The van der Waals surface area contributed by atoms with Crippen molar-refractivity contribution in [3.63, 3.8) is 0 Å². The van der Waals surface area contributed by atoms with Crippen LogP contribution in [0.25, 0.3) is 22.0 Å². The lowest BCUT2D eigenvalue weighted by Crippen LogP contribution is -2.32. The summed E-state index contributed by atoms with van der Waals surface area (Å²) in [5.74, 6) is -0.0487. The summed E-state index contributed by atoms with van der Waals surface area (Å²) in [5.41, 5.74) is 5.36. The fraction of sp³-hybridized carbons (Fsp3) is 0.409. The zero-order chi connectivity index (χ0) is 21.0. The van der Waals surface area contributed by atoms with Crippen LogP contribution in [0.5, 0.6) is 0 Å². The van der Waals surface area contributed by atoms with Crippen molar-refractivity contribution in [2.24, 2.45) is 0 Å². The predicted molar refractivity (Wildman–Crippen MR) is 117 cm³/mol. The molecule has 3 aromatic rings. The third-order valence-corrected chi connectivity index (χ3v) is 5.94. The van der Waals surface area contributed by atoms with Crippen molar-refractivity contribution in [3.8, 4) is 22.0 Å². The molecule has 154 valence electrons. The predicted octanol–water partition coefficient (Wildman–Crippen LogP) is 4.47. The zero-order valence-electron chi connectivity index (χ0n) is 17.7. The number of ether oxygens (including phenoxy) is 1. The molecule has 0 aliphatic rings. The summed E-state index contributed by atoms with van der Waals surface area (Å²) in [6.45, 7) is 9.24. The van der Waals surface area contributed by atoms with E-state index in [9.17, 15) is 4.79 Å². The van der Waals surface area contributed by atoms with Crippen molar-refractivity contribution in [2.75, 3.05) is 13.7 Å². The van der Waals surface area contributed by atoms with Gasteiger partial charge in [0, 0.05) is 48.2 Å². The Balaban J connectivity index is 1.98. The normalized spacial score (nSPS) is 12.2. The molecule has 0 aliphatic carbocycles. The van der Waals surface area contributed by atoms with Gasteiger partial charge in [0.05, 0.1) is 23.6 Å². The molecule has 1 atom stereocenters. The van der Waals surface area contributed by atoms with Crippen LogP contribution in [0.2, 0.25) is 0 Å². The molecule has 0 bridgehead atoms. The number of aromatic nitrogens is 3. The van der Waals surface area contributed by atoms with Crippen LogP contribution in [0, 0.1) is 13.8 Å². The molecule has 0 radical (unpaired) electrons. The van der Waals surface area contributed by atoms with Crippen LogP contribution >= 0.6 is 11.3 Å². The third kappa shape index (κ3) is 4.74. The number of nitrogens with zero attached hydrogens (tertiary/aromatic N) is 3. The molecule has 3 heterocycles. The van der Waals surface area contributed by atoms with E-state index in [0.29, 0.717) is 18.7 Å². The van der Waals surface area contributed by atoms with Gasteiger partial charge in [0.15, 0.2) is 0 Å². The van der Waals surface area contributed by atoms with E-state index in [1.54, 1.807) is 18.4 Å². The highest BCUT2D eigenvalue weighted by Gasteiger charge is 2.21. The van der Waals surface area contributed by atoms with Gasteiger partial charge in [0.2, 0.25) is 0 Å². The maximum absolute atomic E-state index is 12.8. The number of methoxy groups -OCH3 is 1. The molecule has 0 aliphatic heterocycles. The number of rotatable bonds is 8. The van der Waals surface area contributed by atoms with E-state index >= 15 is 0 Å². The SMILES string of the molecule is CCC(C)NC(=O)c1cc(-c2csc(-c3ccc(C)nc3)n2)n(CCOC)c1C. The van der Waals surface area contributed by atoms with Crippen LogP contribution in [0.3, 0.4) is 0 Å². The number of amides is 1. The summed E-state index contributed by atoms with van der Waals surface area (Å²) >= 11 is 1.58. The first-order valence-corrected chi connectivity index (χ1v) is 10.7. The molecule has 29 heavy (non-hydrogen) atoms. The standard InChI is InChI=1S/C22H28N4O2S/c1-6-14(2)24-21(27)18-11-20(26(16(18)4)9-10-28-5)19-13-29-22(25-19)17-8-7-15(3)23-12-17/h7-8,11-14H,6,9-10H2,1-5H3,(H,24,27). The molecule has 1 amide bonds. The van der Waals surface area contributed by atoms with Crippen molar-refractivity contribution < 1.29 is 9.53 Å². The number of thiazole rings is 1. The first kappa shape index (κ1) is 21.2. The number of carbonyl (C=O) groups is 1. The van der Waals surface area contributed by atoms with Gasteiger partial charge in [-0.3, -0.25) is 9.78 Å². The summed E-state index contributed by atoms with van der Waals surface area (Å²) in [4.78, 5) is 22.0. The number of nitrogens with one attached hydrogen (secondary N) is 1. The van der Waals surface area contributed by atoms with E-state index in [2.05, 4.69) is 21.8 Å². The van der Waals surface area contributed by atoms with Gasteiger partial charge in [-0.2, -0.15) is 0 Å². The van der Waals surface area contributed by atoms with E-state index in [-0.39, 0.29) is 11.9 Å². The lowest BCUT2D eigenvalue weighted by Gasteiger charge is -2.12. The van der Waals surface area contributed by atoms with Gasteiger partial charge in [0.25, 0.3) is 5.91 Å². The highest BCUT2D eigenvalue weighted by atomic mass is 32.1. The monoisotopic (exact) mass is 412 g/mol. The van der Waals surface area contributed by atoms with E-state index in [0.717, 1.165) is 39.8 Å². The Morgan fingerprint density at radius 1 is 1.34 bits per heavy atom. The summed E-state index contributed by atoms with van der Waals surface area (Å²) in [5, 5.41) is 6.01. The molecular weight excluding hydrogens is 384 g/mol. The van der Waals surface area contributed by atoms with Gasteiger partial charge < -0.3 is 14.6 Å². The van der Waals surface area contributed by atoms with E-state index in [1.807, 2.05) is 50.5 Å². The van der Waals surface area contributed by atoms with Crippen LogP contribution in [0.1, 0.15) is 42.0 Å². The Labute approximate surface area is 176 Å². The Morgan fingerprint density at radius 2 is 2.14 bits per heavy atom. The molecule has 0 aromatic carbocycles. The van der Waals surface area contributed by atoms with Gasteiger partial charge in [0.1, 0.15) is 5.01 Å². The van der Waals surface area contributed by atoms with Crippen LogP contribution in [0.15, 0.2) is 29.8 Å². The van der Waals surface area contributed by atoms with Crippen LogP contribution < -0.4 is 5.32 Å². The van der Waals surface area contributed by atoms with Crippen LogP contribution in [0.4, 0.5) is 0 Å². The van der Waals surface area contributed by atoms with Crippen molar-refractivity contribution >= 4 is 17.2 Å². The van der Waals surface area contributed by atoms with Crippen molar-refractivity contribution in [3.05, 3.63) is 46.7 Å². The number of hydrogen-bond acceptors (Lipinski definition) is 5. The van der Waals surface area contributed by atoms with Crippen molar-refractivity contribution in [2.45, 2.75) is 46.7 Å². The molecule has 0 spiro atoms. The number of hydrogen-bond donors (Lipinski definition) is 1. The Morgan fingerprint density at radius 3 is 2.79 bits per heavy atom. The fourth-order valence-electron chi connectivity index (χ4n) is 3.08. The number of aryl methyl sites for hydroxylation is 1. The number of carbonyl (C=O) groups excluding carboxylic acids is 1. The highest BCUT2D eigenvalue weighted by Crippen LogP contribution is 2.31. The first-order chi connectivity index (χ1) is 13.9. The smallest absolute Gasteiger partial charge is 0.253 e. The van der Waals surface area contributed by atoms with E-state index < -0.39 is 0 Å². The fourth-order valence-corrected chi connectivity index (χ4v) is 3.88. The molecule has 6 nitrogen and oxygen atoms in total. The summed E-state index contributed by atoms with van der Waals surface area (Å²) in [7, 11) is 1.68. The second-order valence-electron chi connectivity index (χ2n) is 7.18. The number of pyridine rings is 1. The molecule has 7 heteroatoms. The molecular formula is C22H28N4O2S. The Hall–Kier alpha value is -2.51. The molecule has 3 rings (SSSR count). The maximum atomic E-state index is 12.8. The van der Waals surface area contributed by atoms with Gasteiger partial charge in [-0.1, -0.05) is 6.92 Å². The van der Waals surface area contributed by atoms with E-state index in [1.165, 1.54) is 0 Å². The third-order valence-electron chi connectivity index (χ3n) is 5.04. The Bertz CT molecular complexity index is 975. The van der Waals surface area contributed by atoms with Gasteiger partial charge in [-0.15, -0.1) is 11.3 Å². The highest BCUT2D eigenvalue weighted by molar-refractivity contribution is 7.13. The molecule has 0 saturated carbocycles. The summed E-state index contributed by atoms with van der Waals surface area (Å²) in [6.07, 6.45) is 2.74. The maximum Gasteiger partial charge on any atom is 0.253 e.